The fourth-order valence-electron chi connectivity index (χ4n) is 3.06. The molecule has 6 heteroatoms. The first-order valence-corrected chi connectivity index (χ1v) is 7.52. The molecule has 1 saturated carbocycles. The van der Waals surface area contributed by atoms with Crippen LogP contribution in [-0.4, -0.2) is 23.9 Å². The first kappa shape index (κ1) is 13.5. The monoisotopic (exact) mass is 334 g/mol. The van der Waals surface area contributed by atoms with Gasteiger partial charge in [0.2, 0.25) is 5.91 Å². The van der Waals surface area contributed by atoms with Crippen molar-refractivity contribution in [3.8, 4) is 0 Å². The third-order valence-corrected chi connectivity index (χ3v) is 4.76. The molecule has 1 unspecified atom stereocenters. The first-order chi connectivity index (χ1) is 9.65. The van der Waals surface area contributed by atoms with Crippen LogP contribution in [0.25, 0.3) is 10.4 Å². The van der Waals surface area contributed by atoms with Crippen molar-refractivity contribution in [3.63, 3.8) is 0 Å². The third-order valence-electron chi connectivity index (χ3n) is 4.23. The smallest absolute Gasteiger partial charge is 0.223 e. The van der Waals surface area contributed by atoms with Gasteiger partial charge in [0, 0.05) is 28.9 Å². The van der Waals surface area contributed by atoms with Gasteiger partial charge >= 0.3 is 0 Å². The fraction of sp³-hybridized carbons (Fsp3) is 0.500. The van der Waals surface area contributed by atoms with E-state index in [2.05, 4.69) is 38.1 Å². The quantitative estimate of drug-likeness (QED) is 0.471. The molecule has 0 N–H and O–H groups in total. The summed E-state index contributed by atoms with van der Waals surface area (Å²) in [5.74, 6) is 0.342. The van der Waals surface area contributed by atoms with E-state index in [4.69, 9.17) is 5.53 Å². The number of carbonyl (C=O) groups excluding carboxylic acids is 1. The normalized spacial score (nSPS) is 23.6. The van der Waals surface area contributed by atoms with Gasteiger partial charge in [-0.3, -0.25) is 4.79 Å². The Hall–Kier alpha value is -1.52. The second-order valence-electron chi connectivity index (χ2n) is 5.53. The Bertz CT molecular complexity index is 575. The lowest BCUT2D eigenvalue weighted by Gasteiger charge is -2.28. The van der Waals surface area contributed by atoms with Crippen molar-refractivity contribution >= 4 is 21.8 Å². The molecule has 0 aromatic heterocycles. The highest BCUT2D eigenvalue weighted by molar-refractivity contribution is 9.10. The van der Waals surface area contributed by atoms with E-state index in [1.54, 1.807) is 0 Å². The minimum absolute atomic E-state index is 0.108. The fourth-order valence-corrected chi connectivity index (χ4v) is 3.33. The Kier molecular flexibility index (Phi) is 3.44. The van der Waals surface area contributed by atoms with Crippen molar-refractivity contribution in [3.05, 3.63) is 44.7 Å². The highest BCUT2D eigenvalue weighted by Gasteiger charge is 2.53. The maximum Gasteiger partial charge on any atom is 0.223 e. The van der Waals surface area contributed by atoms with Crippen LogP contribution < -0.4 is 0 Å². The van der Waals surface area contributed by atoms with Gasteiger partial charge < -0.3 is 4.90 Å². The highest BCUT2D eigenvalue weighted by Crippen LogP contribution is 2.53. The van der Waals surface area contributed by atoms with Crippen molar-refractivity contribution in [2.24, 2.45) is 11.0 Å². The number of hydrogen-bond acceptors (Lipinski definition) is 2. The van der Waals surface area contributed by atoms with Gasteiger partial charge in [-0.1, -0.05) is 33.2 Å². The standard InChI is InChI=1S/C14H15BrN4O/c15-12-3-1-11(2-4-12)14(5-6-14)19-9-10(7-13(19)20)8-17-18-16/h1-4,10H,5-9H2. The van der Waals surface area contributed by atoms with E-state index in [-0.39, 0.29) is 17.4 Å². The maximum absolute atomic E-state index is 12.3. The molecule has 20 heavy (non-hydrogen) atoms. The largest absolute Gasteiger partial charge is 0.333 e. The predicted octanol–water partition coefficient (Wildman–Crippen LogP) is 3.60. The highest BCUT2D eigenvalue weighted by atomic mass is 79.9. The van der Waals surface area contributed by atoms with Crippen molar-refractivity contribution in [2.75, 3.05) is 13.1 Å². The van der Waals surface area contributed by atoms with E-state index in [1.807, 2.05) is 17.0 Å². The summed E-state index contributed by atoms with van der Waals surface area (Å²) < 4.78 is 1.05. The molecular weight excluding hydrogens is 320 g/mol. The van der Waals surface area contributed by atoms with Crippen LogP contribution in [0.1, 0.15) is 24.8 Å². The topological polar surface area (TPSA) is 69.1 Å². The molecule has 5 nitrogen and oxygen atoms in total. The summed E-state index contributed by atoms with van der Waals surface area (Å²) in [6, 6.07) is 8.22. The number of rotatable bonds is 4. The second kappa shape index (κ2) is 5.11. The zero-order chi connectivity index (χ0) is 14.2. The van der Waals surface area contributed by atoms with E-state index in [1.165, 1.54) is 5.56 Å². The lowest BCUT2D eigenvalue weighted by Crippen LogP contribution is -2.36. The molecule has 1 heterocycles. The Labute approximate surface area is 125 Å². The number of azide groups is 1. The molecular formula is C14H15BrN4O. The molecule has 0 spiro atoms. The number of carbonyl (C=O) groups is 1. The van der Waals surface area contributed by atoms with Crippen LogP contribution in [0.15, 0.2) is 33.9 Å². The summed E-state index contributed by atoms with van der Waals surface area (Å²) in [5.41, 5.74) is 9.49. The number of benzene rings is 1. The summed E-state index contributed by atoms with van der Waals surface area (Å²) in [5, 5.41) is 3.60. The molecule has 3 rings (SSSR count). The molecule has 1 aliphatic heterocycles. The zero-order valence-electron chi connectivity index (χ0n) is 11.0. The van der Waals surface area contributed by atoms with Gasteiger partial charge in [0.05, 0.1) is 5.54 Å². The first-order valence-electron chi connectivity index (χ1n) is 6.73. The molecule has 1 aromatic rings. The average Bonchev–Trinajstić information content (AvgIpc) is 3.16. The molecule has 2 aliphatic rings. The number of amides is 1. The molecule has 1 aromatic carbocycles. The van der Waals surface area contributed by atoms with Gasteiger partial charge in [0.15, 0.2) is 0 Å². The Balaban J connectivity index is 1.80. The molecule has 1 aliphatic carbocycles. The van der Waals surface area contributed by atoms with Crippen molar-refractivity contribution < 1.29 is 4.79 Å². The van der Waals surface area contributed by atoms with Crippen molar-refractivity contribution in [1.82, 2.24) is 4.90 Å². The van der Waals surface area contributed by atoms with Crippen LogP contribution in [0.3, 0.4) is 0 Å². The molecule has 0 radical (unpaired) electrons. The average molecular weight is 335 g/mol. The van der Waals surface area contributed by atoms with E-state index in [0.717, 1.165) is 17.3 Å². The summed E-state index contributed by atoms with van der Waals surface area (Å²) in [6.07, 6.45) is 2.54. The molecule has 104 valence electrons. The lowest BCUT2D eigenvalue weighted by molar-refractivity contribution is -0.130. The number of nitrogens with zero attached hydrogens (tertiary/aromatic N) is 4. The summed E-state index contributed by atoms with van der Waals surface area (Å²) in [4.78, 5) is 17.0. The molecule has 1 saturated heterocycles. The maximum atomic E-state index is 12.3. The molecule has 1 atom stereocenters. The Morgan fingerprint density at radius 3 is 2.70 bits per heavy atom. The van der Waals surface area contributed by atoms with Gasteiger partial charge in [-0.2, -0.15) is 0 Å². The van der Waals surface area contributed by atoms with Gasteiger partial charge in [-0.15, -0.1) is 0 Å². The lowest BCUT2D eigenvalue weighted by atomic mass is 10.0. The third kappa shape index (κ3) is 2.30. The van der Waals surface area contributed by atoms with Crippen LogP contribution in [-0.2, 0) is 10.3 Å². The zero-order valence-corrected chi connectivity index (χ0v) is 12.6. The van der Waals surface area contributed by atoms with Crippen LogP contribution in [0.2, 0.25) is 0 Å². The van der Waals surface area contributed by atoms with Crippen LogP contribution in [0.4, 0.5) is 0 Å². The van der Waals surface area contributed by atoms with E-state index < -0.39 is 0 Å². The number of likely N-dealkylation sites (tertiary alicyclic amines) is 1. The van der Waals surface area contributed by atoms with E-state index in [9.17, 15) is 4.79 Å². The minimum atomic E-state index is -0.108. The van der Waals surface area contributed by atoms with Gasteiger partial charge in [0.25, 0.3) is 0 Å². The van der Waals surface area contributed by atoms with Crippen LogP contribution in [0, 0.1) is 5.92 Å². The van der Waals surface area contributed by atoms with Gasteiger partial charge in [0.1, 0.15) is 0 Å². The minimum Gasteiger partial charge on any atom is -0.333 e. The number of halogens is 1. The SMILES string of the molecule is [N-]=[N+]=NCC1CC(=O)N(C2(c3ccc(Br)cc3)CC2)C1. The molecule has 1 amide bonds. The number of hydrogen-bond donors (Lipinski definition) is 0. The second-order valence-corrected chi connectivity index (χ2v) is 6.44. The Morgan fingerprint density at radius 2 is 2.10 bits per heavy atom. The van der Waals surface area contributed by atoms with Gasteiger partial charge in [-0.25, -0.2) is 0 Å². The predicted molar refractivity (Wildman–Crippen MR) is 78.9 cm³/mol. The van der Waals surface area contributed by atoms with E-state index >= 15 is 0 Å². The van der Waals surface area contributed by atoms with Crippen LogP contribution >= 0.6 is 15.9 Å². The van der Waals surface area contributed by atoms with E-state index in [0.29, 0.717) is 19.5 Å². The van der Waals surface area contributed by atoms with Crippen LogP contribution in [0.5, 0.6) is 0 Å². The summed E-state index contributed by atoms with van der Waals surface area (Å²) >= 11 is 3.44. The van der Waals surface area contributed by atoms with Crippen molar-refractivity contribution in [2.45, 2.75) is 24.8 Å². The molecule has 0 bridgehead atoms. The molecule has 2 fully saturated rings. The van der Waals surface area contributed by atoms with Gasteiger partial charge in [-0.05, 0) is 42.0 Å². The summed E-state index contributed by atoms with van der Waals surface area (Å²) in [6.45, 7) is 1.11. The summed E-state index contributed by atoms with van der Waals surface area (Å²) in [7, 11) is 0. The Morgan fingerprint density at radius 1 is 1.40 bits per heavy atom. The van der Waals surface area contributed by atoms with Crippen molar-refractivity contribution in [1.29, 1.82) is 0 Å².